The Balaban J connectivity index is 0.901. The van der Waals surface area contributed by atoms with Gasteiger partial charge in [0.1, 0.15) is 91.7 Å². The van der Waals surface area contributed by atoms with Crippen molar-refractivity contribution in [2.24, 2.45) is 50.2 Å². The van der Waals surface area contributed by atoms with Crippen molar-refractivity contribution in [3.05, 3.63) is 0 Å². The predicted molar refractivity (Wildman–Crippen MR) is 251 cm³/mol. The Morgan fingerprint density at radius 2 is 1.18 bits per heavy atom. The van der Waals surface area contributed by atoms with Crippen molar-refractivity contribution in [2.45, 2.75) is 234 Å². The molecule has 5 aliphatic carbocycles. The number of carbonyl (C=O) groups excluding carboxylic acids is 1. The molecule has 0 aromatic carbocycles. The molecule has 0 radical (unpaired) electrons. The molecule has 10 aliphatic rings. The number of ether oxygens (including phenoxy) is 9. The van der Waals surface area contributed by atoms with E-state index in [1.807, 2.05) is 0 Å². The van der Waals surface area contributed by atoms with Gasteiger partial charge >= 0.3 is 0 Å². The molecule has 1 spiro atoms. The quantitative estimate of drug-likeness (QED) is 0.0795. The molecule has 12 N–H and O–H groups in total. The molecule has 22 heteroatoms. The normalized spacial score (nSPS) is 58.1. The largest absolute Gasteiger partial charge is 0.394 e. The number of hydrogen-bond donors (Lipinski definition) is 12. The Bertz CT molecular complexity index is 2020. The van der Waals surface area contributed by atoms with Crippen molar-refractivity contribution in [1.82, 2.24) is 0 Å². The number of carbonyl (C=O) groups is 1. The summed E-state index contributed by atoms with van der Waals surface area (Å²) in [6.07, 6.45) is -22.1. The highest BCUT2D eigenvalue weighted by atomic mass is 16.8. The van der Waals surface area contributed by atoms with E-state index in [4.69, 9.17) is 42.6 Å². The van der Waals surface area contributed by atoms with Crippen molar-refractivity contribution in [1.29, 1.82) is 0 Å². The molecular weight excluding hydrogens is 977 g/mol. The van der Waals surface area contributed by atoms with E-state index >= 15 is 0 Å². The van der Waals surface area contributed by atoms with Gasteiger partial charge in [0.15, 0.2) is 25.2 Å². The first-order valence-corrected chi connectivity index (χ1v) is 27.1. The topological polar surface area (TPSA) is 343 Å². The molecule has 0 aromatic heterocycles. The number of aldehydes is 1. The molecular formula is C52H84O22. The molecule has 5 saturated carbocycles. The molecule has 0 aromatic rings. The Labute approximate surface area is 431 Å². The van der Waals surface area contributed by atoms with Crippen LogP contribution in [-0.2, 0) is 47.4 Å². The molecule has 29 atom stereocenters. The maximum atomic E-state index is 12.6. The molecule has 5 saturated heterocycles. The van der Waals surface area contributed by atoms with E-state index in [2.05, 4.69) is 41.5 Å². The summed E-state index contributed by atoms with van der Waals surface area (Å²) in [5.74, 6) is 0.456. The van der Waals surface area contributed by atoms with Crippen LogP contribution in [0.2, 0.25) is 0 Å². The third kappa shape index (κ3) is 8.31. The molecule has 424 valence electrons. The fraction of sp³-hybridized carbons (Fsp3) is 0.981. The predicted octanol–water partition coefficient (Wildman–Crippen LogP) is -1.89. The van der Waals surface area contributed by atoms with Crippen molar-refractivity contribution >= 4 is 6.29 Å². The molecule has 10 fully saturated rings. The molecule has 10 rings (SSSR count). The van der Waals surface area contributed by atoms with Crippen LogP contribution in [0.3, 0.4) is 0 Å². The van der Waals surface area contributed by atoms with E-state index in [-0.39, 0.29) is 39.4 Å². The third-order valence-electron chi connectivity index (χ3n) is 22.0. The average molecular weight is 1060 g/mol. The zero-order chi connectivity index (χ0) is 53.5. The SMILES string of the molecule is CC1(C)[C@@H](O[C@@H]2OC[C@H](O[C@@H]3O[C@H](CO)[C@@H](O)[C@H](O)[C@H]3O[C@@H]3OC[C@@H](O)[C@H](O)[C@H]3O)[C@@H](O)[C@H]2O[C@@H]2O[C@H](CO)[C@@H](O)[C@H](O)[C@H]2O)CC[C@]2(C)[C@H]3CC[C@]45OC[C@@]6(CC[C@](C)(C=O)C[C@H]64)[C@H](O)C[C@@]5(C)[C@]3(C)CC[C@@H]12. The highest BCUT2D eigenvalue weighted by Gasteiger charge is 2.80. The molecule has 22 nitrogen and oxygen atoms in total. The third-order valence-corrected chi connectivity index (χ3v) is 22.0. The fourth-order valence-corrected chi connectivity index (χ4v) is 17.4. The lowest BCUT2D eigenvalue weighted by Crippen LogP contribution is -2.74. The summed E-state index contributed by atoms with van der Waals surface area (Å²) < 4.78 is 55.9. The van der Waals surface area contributed by atoms with E-state index < -0.39 is 166 Å². The molecule has 5 heterocycles. The number of aliphatic hydroxyl groups excluding tert-OH is 12. The van der Waals surface area contributed by atoms with Crippen molar-refractivity contribution in [3.63, 3.8) is 0 Å². The zero-order valence-corrected chi connectivity index (χ0v) is 43.4. The van der Waals surface area contributed by atoms with Gasteiger partial charge in [-0.2, -0.15) is 0 Å². The van der Waals surface area contributed by atoms with Crippen LogP contribution >= 0.6 is 0 Å². The van der Waals surface area contributed by atoms with Crippen molar-refractivity contribution < 1.29 is 109 Å². The molecule has 2 bridgehead atoms. The first-order valence-electron chi connectivity index (χ1n) is 27.1. The van der Waals surface area contributed by atoms with Gasteiger partial charge in [-0.1, -0.05) is 41.5 Å². The fourth-order valence-electron chi connectivity index (χ4n) is 17.4. The van der Waals surface area contributed by atoms with Gasteiger partial charge in [0, 0.05) is 16.2 Å². The van der Waals surface area contributed by atoms with Gasteiger partial charge in [-0.15, -0.1) is 0 Å². The number of hydrogen-bond acceptors (Lipinski definition) is 22. The average Bonchev–Trinajstić information content (AvgIpc) is 3.65. The summed E-state index contributed by atoms with van der Waals surface area (Å²) in [4.78, 5) is 12.6. The lowest BCUT2D eigenvalue weighted by molar-refractivity contribution is -0.392. The molecule has 74 heavy (non-hydrogen) atoms. The van der Waals surface area contributed by atoms with Gasteiger partial charge in [-0.25, -0.2) is 0 Å². The standard InChI is InChI=1S/C52H84O22/c1-46(2)27-7-11-49(5)28(8-12-52-29-15-47(3,21-55)13-14-51(29,22-68-52)30(57)16-50(49,52)6)48(27,4)10-9-31(46)72-44-40(74-43-39(65)36(62)33(59)24(17-53)69-43)35(61)26(20-67-44)71-45-41(37(63)34(60)25(18-54)70-45)73-42-38(64)32(58)23(56)19-66-42/h21,23-45,53-54,56-65H,7-20,22H2,1-6H3/t23-,24-,25-,26+,27+,28-,29-,30-,31+,32+,33-,34-,35-,36+,37+,38-,39-,40-,41-,42+,43+,44+,45+,47+,48+,49-,50+,51-,52+/m1/s1. The van der Waals surface area contributed by atoms with E-state index in [1.54, 1.807) is 0 Å². The minimum atomic E-state index is -1.89. The van der Waals surface area contributed by atoms with Crippen LogP contribution in [0.5, 0.6) is 0 Å². The first-order chi connectivity index (χ1) is 34.8. The smallest absolute Gasteiger partial charge is 0.187 e. The second-order valence-corrected chi connectivity index (χ2v) is 25.8. The summed E-state index contributed by atoms with van der Waals surface area (Å²) in [5, 5.41) is 130. The van der Waals surface area contributed by atoms with Crippen molar-refractivity contribution in [2.75, 3.05) is 33.0 Å². The van der Waals surface area contributed by atoms with Gasteiger partial charge in [0.05, 0.1) is 50.8 Å². The van der Waals surface area contributed by atoms with Gasteiger partial charge < -0.3 is 109 Å². The lowest BCUT2D eigenvalue weighted by atomic mass is 9.30. The Morgan fingerprint density at radius 3 is 1.86 bits per heavy atom. The Morgan fingerprint density at radius 1 is 0.554 bits per heavy atom. The minimum absolute atomic E-state index is 0.0727. The van der Waals surface area contributed by atoms with Crippen LogP contribution in [-0.4, -0.2) is 229 Å². The number of fused-ring (bicyclic) bond motifs is 4. The van der Waals surface area contributed by atoms with Crippen LogP contribution in [0, 0.1) is 50.2 Å². The Hall–Kier alpha value is -1.17. The summed E-state index contributed by atoms with van der Waals surface area (Å²) in [7, 11) is 0. The Kier molecular flexibility index (Phi) is 15.0. The van der Waals surface area contributed by atoms with Crippen LogP contribution in [0.25, 0.3) is 0 Å². The lowest BCUT2D eigenvalue weighted by Gasteiger charge is -2.75. The second-order valence-electron chi connectivity index (χ2n) is 25.8. The highest BCUT2D eigenvalue weighted by Crippen LogP contribution is 2.80. The van der Waals surface area contributed by atoms with Crippen LogP contribution in [0.4, 0.5) is 0 Å². The van der Waals surface area contributed by atoms with Crippen LogP contribution < -0.4 is 0 Å². The van der Waals surface area contributed by atoms with E-state index in [9.17, 15) is 66.1 Å². The monoisotopic (exact) mass is 1060 g/mol. The van der Waals surface area contributed by atoms with Gasteiger partial charge in [0.25, 0.3) is 0 Å². The van der Waals surface area contributed by atoms with Crippen molar-refractivity contribution in [3.8, 4) is 0 Å². The van der Waals surface area contributed by atoms with Crippen LogP contribution in [0.15, 0.2) is 0 Å². The number of aliphatic hydroxyl groups is 12. The van der Waals surface area contributed by atoms with Gasteiger partial charge in [-0.05, 0) is 98.2 Å². The van der Waals surface area contributed by atoms with Gasteiger partial charge in [-0.3, -0.25) is 0 Å². The molecule has 5 aliphatic heterocycles. The summed E-state index contributed by atoms with van der Waals surface area (Å²) in [6.45, 7) is 11.7. The van der Waals surface area contributed by atoms with E-state index in [0.29, 0.717) is 25.9 Å². The molecule has 0 unspecified atom stereocenters. The van der Waals surface area contributed by atoms with E-state index in [0.717, 1.165) is 51.2 Å². The summed E-state index contributed by atoms with van der Waals surface area (Å²) in [5.41, 5.74) is -2.57. The van der Waals surface area contributed by atoms with Gasteiger partial charge in [0.2, 0.25) is 0 Å². The first kappa shape index (κ1) is 56.1. The number of rotatable bonds is 11. The van der Waals surface area contributed by atoms with Crippen LogP contribution in [0.1, 0.15) is 106 Å². The summed E-state index contributed by atoms with van der Waals surface area (Å²) in [6, 6.07) is 0. The maximum Gasteiger partial charge on any atom is 0.187 e. The second kappa shape index (κ2) is 19.8. The minimum Gasteiger partial charge on any atom is -0.394 e. The summed E-state index contributed by atoms with van der Waals surface area (Å²) >= 11 is 0. The van der Waals surface area contributed by atoms with E-state index in [1.165, 1.54) is 0 Å². The zero-order valence-electron chi connectivity index (χ0n) is 43.4. The highest BCUT2D eigenvalue weighted by molar-refractivity contribution is 5.59. The molecule has 0 amide bonds. The maximum absolute atomic E-state index is 12.6.